The second-order valence-electron chi connectivity index (χ2n) is 4.52. The first kappa shape index (κ1) is 15.8. The molecule has 0 fully saturated rings. The Morgan fingerprint density at radius 3 is 2.86 bits per heavy atom. The highest BCUT2D eigenvalue weighted by Gasteiger charge is 2.15. The zero-order valence-electron chi connectivity index (χ0n) is 11.4. The Bertz CT molecular complexity index is 643. The van der Waals surface area contributed by atoms with Gasteiger partial charge in [-0.1, -0.05) is 34.5 Å². The summed E-state index contributed by atoms with van der Waals surface area (Å²) in [6.45, 7) is 2.80. The maximum absolute atomic E-state index is 12.1. The second kappa shape index (κ2) is 6.89. The molecule has 1 heterocycles. The molecular weight excluding hydrogens is 313 g/mol. The molecule has 1 atom stereocenters. The molecule has 6 nitrogen and oxygen atoms in total. The topological polar surface area (TPSA) is 85.8 Å². The summed E-state index contributed by atoms with van der Waals surface area (Å²) < 4.78 is 1.53. The number of nitrogens with one attached hydrogen (secondary N) is 1. The molecule has 1 aromatic heterocycles. The van der Waals surface area contributed by atoms with E-state index in [1.54, 1.807) is 18.3 Å². The quantitative estimate of drug-likeness (QED) is 0.879. The van der Waals surface area contributed by atoms with E-state index in [0.29, 0.717) is 23.1 Å². The predicted molar refractivity (Wildman–Crippen MR) is 81.4 cm³/mol. The lowest BCUT2D eigenvalue weighted by molar-refractivity contribution is 0.0934. The van der Waals surface area contributed by atoms with Crippen LogP contribution in [0.4, 0.5) is 0 Å². The number of amides is 1. The van der Waals surface area contributed by atoms with Crippen molar-refractivity contribution in [1.82, 2.24) is 20.3 Å². The van der Waals surface area contributed by atoms with Crippen LogP contribution in [0.3, 0.4) is 0 Å². The Hall–Kier alpha value is -1.63. The standard InChI is InChI=1S/C13H15Cl2N5O/c1-8(9-2-3-10(14)11(15)6-9)17-13(21)12-7-20(5-4-16)19-18-12/h2-3,6-8H,4-5,16H2,1H3,(H,17,21). The van der Waals surface area contributed by atoms with Gasteiger partial charge in [0.05, 0.1) is 28.8 Å². The maximum Gasteiger partial charge on any atom is 0.273 e. The minimum Gasteiger partial charge on any atom is -0.344 e. The van der Waals surface area contributed by atoms with Crippen molar-refractivity contribution >= 4 is 29.1 Å². The van der Waals surface area contributed by atoms with Gasteiger partial charge in [0, 0.05) is 6.54 Å². The van der Waals surface area contributed by atoms with E-state index in [1.807, 2.05) is 13.0 Å². The van der Waals surface area contributed by atoms with Gasteiger partial charge < -0.3 is 11.1 Å². The first-order chi connectivity index (χ1) is 10.0. The number of halogens is 2. The third-order valence-corrected chi connectivity index (χ3v) is 3.66. The molecule has 0 saturated heterocycles. The molecule has 1 unspecified atom stereocenters. The van der Waals surface area contributed by atoms with Crippen LogP contribution in [0.15, 0.2) is 24.4 Å². The first-order valence-electron chi connectivity index (χ1n) is 6.37. The molecule has 2 aromatic rings. The summed E-state index contributed by atoms with van der Waals surface area (Å²) in [5, 5.41) is 11.4. The predicted octanol–water partition coefficient (Wildman–Crippen LogP) is 2.03. The molecule has 112 valence electrons. The fraction of sp³-hybridized carbons (Fsp3) is 0.308. The van der Waals surface area contributed by atoms with E-state index in [4.69, 9.17) is 28.9 Å². The van der Waals surface area contributed by atoms with Crippen LogP contribution in [0, 0.1) is 0 Å². The molecule has 0 bridgehead atoms. The zero-order valence-corrected chi connectivity index (χ0v) is 12.9. The number of benzene rings is 1. The molecule has 0 aliphatic carbocycles. The molecule has 3 N–H and O–H groups in total. The van der Waals surface area contributed by atoms with E-state index in [2.05, 4.69) is 15.6 Å². The lowest BCUT2D eigenvalue weighted by atomic mass is 10.1. The number of nitrogens with zero attached hydrogens (tertiary/aromatic N) is 3. The fourth-order valence-corrected chi connectivity index (χ4v) is 2.09. The molecule has 21 heavy (non-hydrogen) atoms. The summed E-state index contributed by atoms with van der Waals surface area (Å²) in [7, 11) is 0. The Morgan fingerprint density at radius 2 is 2.19 bits per heavy atom. The molecule has 0 aliphatic rings. The number of carbonyl (C=O) groups excluding carboxylic acids is 1. The second-order valence-corrected chi connectivity index (χ2v) is 5.34. The van der Waals surface area contributed by atoms with Crippen LogP contribution in [0.25, 0.3) is 0 Å². The van der Waals surface area contributed by atoms with Crippen LogP contribution >= 0.6 is 23.2 Å². The van der Waals surface area contributed by atoms with Crippen molar-refractivity contribution in [3.8, 4) is 0 Å². The summed E-state index contributed by atoms with van der Waals surface area (Å²) in [5.74, 6) is -0.308. The zero-order chi connectivity index (χ0) is 15.4. The molecule has 8 heteroatoms. The van der Waals surface area contributed by atoms with Gasteiger partial charge in [-0.15, -0.1) is 5.10 Å². The number of aromatic nitrogens is 3. The van der Waals surface area contributed by atoms with Crippen molar-refractivity contribution in [3.05, 3.63) is 45.7 Å². The van der Waals surface area contributed by atoms with Gasteiger partial charge in [-0.3, -0.25) is 9.48 Å². The van der Waals surface area contributed by atoms with Crippen molar-refractivity contribution in [2.75, 3.05) is 6.54 Å². The van der Waals surface area contributed by atoms with Crippen LogP contribution in [-0.2, 0) is 6.54 Å². The van der Waals surface area contributed by atoms with E-state index in [-0.39, 0.29) is 17.6 Å². The van der Waals surface area contributed by atoms with Gasteiger partial charge in [-0.2, -0.15) is 0 Å². The largest absolute Gasteiger partial charge is 0.344 e. The van der Waals surface area contributed by atoms with Gasteiger partial charge >= 0.3 is 0 Å². The summed E-state index contributed by atoms with van der Waals surface area (Å²) in [4.78, 5) is 12.1. The number of hydrogen-bond acceptors (Lipinski definition) is 4. The van der Waals surface area contributed by atoms with Gasteiger partial charge in [0.2, 0.25) is 0 Å². The van der Waals surface area contributed by atoms with E-state index in [9.17, 15) is 4.79 Å². The molecule has 2 rings (SSSR count). The highest BCUT2D eigenvalue weighted by molar-refractivity contribution is 6.42. The number of hydrogen-bond donors (Lipinski definition) is 2. The van der Waals surface area contributed by atoms with Crippen LogP contribution in [-0.4, -0.2) is 27.4 Å². The summed E-state index contributed by atoms with van der Waals surface area (Å²) in [5.41, 5.74) is 6.52. The summed E-state index contributed by atoms with van der Waals surface area (Å²) in [6.07, 6.45) is 1.56. The average molecular weight is 328 g/mol. The van der Waals surface area contributed by atoms with Gasteiger partial charge in [0.15, 0.2) is 5.69 Å². The Labute approximate surface area is 132 Å². The molecule has 0 saturated carbocycles. The molecule has 1 aromatic carbocycles. The van der Waals surface area contributed by atoms with Gasteiger partial charge in [-0.25, -0.2) is 0 Å². The summed E-state index contributed by atoms with van der Waals surface area (Å²) in [6, 6.07) is 5.00. The van der Waals surface area contributed by atoms with Crippen molar-refractivity contribution in [1.29, 1.82) is 0 Å². The van der Waals surface area contributed by atoms with Crippen LogP contribution < -0.4 is 11.1 Å². The molecule has 0 spiro atoms. The van der Waals surface area contributed by atoms with Gasteiger partial charge in [0.1, 0.15) is 0 Å². The fourth-order valence-electron chi connectivity index (χ4n) is 1.78. The van der Waals surface area contributed by atoms with E-state index < -0.39 is 0 Å². The Kier molecular flexibility index (Phi) is 5.17. The molecular formula is C13H15Cl2N5O. The van der Waals surface area contributed by atoms with Crippen molar-refractivity contribution in [3.63, 3.8) is 0 Å². The summed E-state index contributed by atoms with van der Waals surface area (Å²) >= 11 is 11.8. The number of rotatable bonds is 5. The Morgan fingerprint density at radius 1 is 1.43 bits per heavy atom. The lowest BCUT2D eigenvalue weighted by Crippen LogP contribution is -2.27. The molecule has 0 radical (unpaired) electrons. The molecule has 1 amide bonds. The van der Waals surface area contributed by atoms with E-state index in [0.717, 1.165) is 5.56 Å². The highest BCUT2D eigenvalue weighted by Crippen LogP contribution is 2.25. The van der Waals surface area contributed by atoms with Crippen LogP contribution in [0.1, 0.15) is 29.0 Å². The van der Waals surface area contributed by atoms with Gasteiger partial charge in [-0.05, 0) is 24.6 Å². The van der Waals surface area contributed by atoms with Gasteiger partial charge in [0.25, 0.3) is 5.91 Å². The molecule has 0 aliphatic heterocycles. The lowest BCUT2D eigenvalue weighted by Gasteiger charge is -2.14. The smallest absolute Gasteiger partial charge is 0.273 e. The SMILES string of the molecule is CC(NC(=O)c1cn(CCN)nn1)c1ccc(Cl)c(Cl)c1. The Balaban J connectivity index is 2.05. The monoisotopic (exact) mass is 327 g/mol. The minimum atomic E-state index is -0.308. The first-order valence-corrected chi connectivity index (χ1v) is 7.13. The highest BCUT2D eigenvalue weighted by atomic mass is 35.5. The van der Waals surface area contributed by atoms with Crippen molar-refractivity contribution in [2.24, 2.45) is 5.73 Å². The third kappa shape index (κ3) is 3.93. The normalized spacial score (nSPS) is 12.2. The minimum absolute atomic E-state index is 0.230. The number of carbonyl (C=O) groups is 1. The van der Waals surface area contributed by atoms with Crippen molar-refractivity contribution in [2.45, 2.75) is 19.5 Å². The third-order valence-electron chi connectivity index (χ3n) is 2.92. The van der Waals surface area contributed by atoms with Crippen molar-refractivity contribution < 1.29 is 4.79 Å². The van der Waals surface area contributed by atoms with Crippen LogP contribution in [0.5, 0.6) is 0 Å². The average Bonchev–Trinajstić information content (AvgIpc) is 2.91. The van der Waals surface area contributed by atoms with Crippen LogP contribution in [0.2, 0.25) is 10.0 Å². The van der Waals surface area contributed by atoms with E-state index in [1.165, 1.54) is 4.68 Å². The maximum atomic E-state index is 12.1. The van der Waals surface area contributed by atoms with E-state index >= 15 is 0 Å². The number of nitrogens with two attached hydrogens (primary N) is 1.